The highest BCUT2D eigenvalue weighted by atomic mass is 16.1. The quantitative estimate of drug-likeness (QED) is 0.582. The van der Waals surface area contributed by atoms with Gasteiger partial charge in [0, 0.05) is 36.4 Å². The normalized spacial score (nSPS) is 10.8. The molecule has 0 aliphatic carbocycles. The molecule has 2 aromatic carbocycles. The van der Waals surface area contributed by atoms with Crippen LogP contribution in [0, 0.1) is 0 Å². The van der Waals surface area contributed by atoms with Crippen molar-refractivity contribution in [3.63, 3.8) is 0 Å². The zero-order valence-corrected chi connectivity index (χ0v) is 14.3. The zero-order chi connectivity index (χ0) is 17.9. The van der Waals surface area contributed by atoms with Gasteiger partial charge in [0.15, 0.2) is 5.82 Å². The lowest BCUT2D eigenvalue weighted by Crippen LogP contribution is -2.09. The van der Waals surface area contributed by atoms with Crippen LogP contribution >= 0.6 is 0 Å². The first-order valence-corrected chi connectivity index (χ1v) is 8.24. The molecule has 0 spiro atoms. The van der Waals surface area contributed by atoms with Crippen molar-refractivity contribution >= 4 is 11.4 Å². The maximum atomic E-state index is 11.2. The zero-order valence-electron chi connectivity index (χ0n) is 14.3. The molecule has 0 saturated heterocycles. The van der Waals surface area contributed by atoms with Crippen LogP contribution in [-0.2, 0) is 6.54 Å². The van der Waals surface area contributed by atoms with Gasteiger partial charge in [-0.3, -0.25) is 4.98 Å². The Morgan fingerprint density at radius 1 is 1.04 bits per heavy atom. The summed E-state index contributed by atoms with van der Waals surface area (Å²) in [7, 11) is 2.04. The van der Waals surface area contributed by atoms with E-state index in [1.54, 1.807) is 6.20 Å². The second-order valence-corrected chi connectivity index (χ2v) is 5.94. The fourth-order valence-electron chi connectivity index (χ4n) is 2.87. The van der Waals surface area contributed by atoms with E-state index >= 15 is 0 Å². The fourth-order valence-corrected chi connectivity index (χ4v) is 2.87. The molecule has 2 aromatic heterocycles. The fraction of sp³-hybridized carbons (Fsp3) is 0.105. The summed E-state index contributed by atoms with van der Waals surface area (Å²) >= 11 is 0. The molecule has 0 aliphatic rings. The molecular weight excluding hydrogens is 328 g/mol. The Hall–Kier alpha value is -3.61. The van der Waals surface area contributed by atoms with E-state index in [9.17, 15) is 4.79 Å². The average Bonchev–Trinajstić information content (AvgIpc) is 3.31. The Morgan fingerprint density at radius 2 is 1.77 bits per heavy atom. The summed E-state index contributed by atoms with van der Waals surface area (Å²) in [6, 6.07) is 18.4. The topological polar surface area (TPSA) is 82.6 Å². The van der Waals surface area contributed by atoms with Gasteiger partial charge in [0.25, 0.3) is 0 Å². The number of imidazole rings is 1. The van der Waals surface area contributed by atoms with E-state index in [1.807, 2.05) is 48.1 Å². The number of rotatable bonds is 5. The SMILES string of the molecule is CN(c1ccccc1)c1ccc(-c2nccn2Cc2n[nH]c(=O)[nH]2)cc1. The van der Waals surface area contributed by atoms with Crippen LogP contribution in [0.15, 0.2) is 71.8 Å². The highest BCUT2D eigenvalue weighted by molar-refractivity contribution is 5.66. The first kappa shape index (κ1) is 15.9. The number of aromatic amines is 2. The van der Waals surface area contributed by atoms with Crippen LogP contribution in [0.1, 0.15) is 5.82 Å². The number of benzene rings is 2. The van der Waals surface area contributed by atoms with Crippen LogP contribution in [-0.4, -0.2) is 31.8 Å². The van der Waals surface area contributed by atoms with Crippen molar-refractivity contribution in [2.45, 2.75) is 6.54 Å². The maximum Gasteiger partial charge on any atom is 0.340 e. The standard InChI is InChI=1S/C19H18N6O/c1-24(15-5-3-2-4-6-15)16-9-7-14(8-10-16)18-20-11-12-25(18)13-17-21-19(26)23-22-17/h2-12H,13H2,1H3,(H2,21,22,23,26). The molecule has 0 amide bonds. The van der Waals surface area contributed by atoms with Gasteiger partial charge >= 0.3 is 5.69 Å². The summed E-state index contributed by atoms with van der Waals surface area (Å²) < 4.78 is 1.95. The van der Waals surface area contributed by atoms with Gasteiger partial charge in [0.05, 0.1) is 6.54 Å². The predicted molar refractivity (Wildman–Crippen MR) is 100 cm³/mol. The summed E-state index contributed by atoms with van der Waals surface area (Å²) in [6.45, 7) is 0.444. The van der Waals surface area contributed by atoms with Crippen LogP contribution in [0.5, 0.6) is 0 Å². The number of hydrogen-bond acceptors (Lipinski definition) is 4. The van der Waals surface area contributed by atoms with Crippen molar-refractivity contribution in [2.75, 3.05) is 11.9 Å². The Kier molecular flexibility index (Phi) is 4.10. The molecule has 0 bridgehead atoms. The minimum Gasteiger partial charge on any atom is -0.345 e. The van der Waals surface area contributed by atoms with Crippen molar-refractivity contribution in [1.82, 2.24) is 24.7 Å². The van der Waals surface area contributed by atoms with Crippen LogP contribution in [0.2, 0.25) is 0 Å². The van der Waals surface area contributed by atoms with E-state index in [-0.39, 0.29) is 5.69 Å². The van der Waals surface area contributed by atoms with E-state index in [0.717, 1.165) is 22.8 Å². The Bertz CT molecular complexity index is 1050. The number of para-hydroxylation sites is 1. The van der Waals surface area contributed by atoms with Crippen molar-refractivity contribution in [3.05, 3.63) is 83.3 Å². The summed E-state index contributed by atoms with van der Waals surface area (Å²) in [6.07, 6.45) is 3.61. The van der Waals surface area contributed by atoms with Gasteiger partial charge in [-0.15, -0.1) is 0 Å². The highest BCUT2D eigenvalue weighted by Crippen LogP contribution is 2.26. The number of hydrogen-bond donors (Lipinski definition) is 2. The summed E-state index contributed by atoms with van der Waals surface area (Å²) in [5.74, 6) is 1.39. The summed E-state index contributed by atoms with van der Waals surface area (Å²) in [5, 5.41) is 6.32. The molecule has 0 saturated carbocycles. The Balaban J connectivity index is 1.58. The van der Waals surface area contributed by atoms with Crippen LogP contribution in [0.4, 0.5) is 11.4 Å². The summed E-state index contributed by atoms with van der Waals surface area (Å²) in [5.41, 5.74) is 2.91. The van der Waals surface area contributed by atoms with Gasteiger partial charge in [-0.2, -0.15) is 5.10 Å². The molecule has 2 N–H and O–H groups in total. The van der Waals surface area contributed by atoms with Gasteiger partial charge in [0.1, 0.15) is 5.82 Å². The van der Waals surface area contributed by atoms with Gasteiger partial charge < -0.3 is 9.47 Å². The molecule has 7 nitrogen and oxygen atoms in total. The van der Waals surface area contributed by atoms with Crippen molar-refractivity contribution in [3.8, 4) is 11.4 Å². The van der Waals surface area contributed by atoms with E-state index < -0.39 is 0 Å². The Labute approximate surface area is 150 Å². The highest BCUT2D eigenvalue weighted by Gasteiger charge is 2.09. The molecule has 0 unspecified atom stereocenters. The largest absolute Gasteiger partial charge is 0.345 e. The van der Waals surface area contributed by atoms with Gasteiger partial charge in [0.2, 0.25) is 0 Å². The molecule has 0 atom stereocenters. The molecule has 26 heavy (non-hydrogen) atoms. The van der Waals surface area contributed by atoms with Gasteiger partial charge in [-0.1, -0.05) is 18.2 Å². The lowest BCUT2D eigenvalue weighted by atomic mass is 10.1. The van der Waals surface area contributed by atoms with Crippen molar-refractivity contribution < 1.29 is 0 Å². The second kappa shape index (κ2) is 6.72. The lowest BCUT2D eigenvalue weighted by molar-refractivity contribution is 0.755. The summed E-state index contributed by atoms with van der Waals surface area (Å²) in [4.78, 5) is 20.4. The lowest BCUT2D eigenvalue weighted by Gasteiger charge is -2.19. The van der Waals surface area contributed by atoms with Crippen molar-refractivity contribution in [1.29, 1.82) is 0 Å². The van der Waals surface area contributed by atoms with Gasteiger partial charge in [-0.25, -0.2) is 14.9 Å². The third-order valence-electron chi connectivity index (χ3n) is 4.24. The molecule has 2 heterocycles. The number of aromatic nitrogens is 5. The molecule has 0 fully saturated rings. The number of nitrogens with one attached hydrogen (secondary N) is 2. The first-order valence-electron chi connectivity index (χ1n) is 8.24. The Morgan fingerprint density at radius 3 is 2.46 bits per heavy atom. The molecule has 4 aromatic rings. The van der Waals surface area contributed by atoms with Crippen molar-refractivity contribution in [2.24, 2.45) is 0 Å². The van der Waals surface area contributed by atoms with E-state index in [1.165, 1.54) is 0 Å². The monoisotopic (exact) mass is 346 g/mol. The van der Waals surface area contributed by atoms with E-state index in [4.69, 9.17) is 0 Å². The first-order chi connectivity index (χ1) is 12.7. The predicted octanol–water partition coefficient (Wildman–Crippen LogP) is 2.78. The third-order valence-corrected chi connectivity index (χ3v) is 4.24. The number of H-pyrrole nitrogens is 2. The molecule has 130 valence electrons. The second-order valence-electron chi connectivity index (χ2n) is 5.94. The van der Waals surface area contributed by atoms with E-state index in [2.05, 4.69) is 49.3 Å². The molecule has 4 rings (SSSR count). The molecule has 0 aliphatic heterocycles. The van der Waals surface area contributed by atoms with Crippen LogP contribution < -0.4 is 10.6 Å². The number of nitrogens with zero attached hydrogens (tertiary/aromatic N) is 4. The number of anilines is 2. The molecule has 7 heteroatoms. The smallest absolute Gasteiger partial charge is 0.340 e. The van der Waals surface area contributed by atoms with Crippen LogP contribution in [0.25, 0.3) is 11.4 Å². The van der Waals surface area contributed by atoms with E-state index in [0.29, 0.717) is 12.4 Å². The van der Waals surface area contributed by atoms with Gasteiger partial charge in [-0.05, 0) is 36.4 Å². The third kappa shape index (κ3) is 3.14. The average molecular weight is 346 g/mol. The minimum absolute atomic E-state index is 0.310. The minimum atomic E-state index is -0.310. The molecular formula is C19H18N6O. The maximum absolute atomic E-state index is 11.2. The molecule has 0 radical (unpaired) electrons. The van der Waals surface area contributed by atoms with Crippen LogP contribution in [0.3, 0.4) is 0 Å².